The van der Waals surface area contributed by atoms with Crippen LogP contribution in [0.25, 0.3) is 0 Å². The molecule has 1 heterocycles. The number of carbonyl (C=O) groups is 1. The lowest BCUT2D eigenvalue weighted by molar-refractivity contribution is 0.0697. The summed E-state index contributed by atoms with van der Waals surface area (Å²) in [5, 5.41) is 8.88. The number of aromatic carboxylic acids is 1. The number of rotatable bonds is 6. The molecule has 3 nitrogen and oxygen atoms in total. The summed E-state index contributed by atoms with van der Waals surface area (Å²) < 4.78 is 0. The van der Waals surface area contributed by atoms with Crippen molar-refractivity contribution in [2.24, 2.45) is 5.92 Å². The molecule has 1 aliphatic heterocycles. The van der Waals surface area contributed by atoms with E-state index in [0.717, 1.165) is 25.3 Å². The molecule has 114 valence electrons. The van der Waals surface area contributed by atoms with Crippen molar-refractivity contribution in [1.29, 1.82) is 0 Å². The van der Waals surface area contributed by atoms with Gasteiger partial charge in [0.15, 0.2) is 0 Å². The van der Waals surface area contributed by atoms with E-state index in [-0.39, 0.29) is 0 Å². The molecule has 0 atom stereocenters. The van der Waals surface area contributed by atoms with Crippen molar-refractivity contribution in [2.45, 2.75) is 33.1 Å². The van der Waals surface area contributed by atoms with Gasteiger partial charge >= 0.3 is 5.97 Å². The summed E-state index contributed by atoms with van der Waals surface area (Å²) in [5.74, 6) is -0.130. The Morgan fingerprint density at radius 1 is 1.24 bits per heavy atom. The highest BCUT2D eigenvalue weighted by atomic mass is 16.4. The number of benzene rings is 1. The van der Waals surface area contributed by atoms with Gasteiger partial charge in [-0.05, 0) is 42.9 Å². The van der Waals surface area contributed by atoms with E-state index < -0.39 is 5.97 Å². The molecule has 21 heavy (non-hydrogen) atoms. The lowest BCUT2D eigenvalue weighted by Crippen LogP contribution is -2.32. The summed E-state index contributed by atoms with van der Waals surface area (Å²) in [6.07, 6.45) is 5.62. The molecule has 0 aliphatic carbocycles. The van der Waals surface area contributed by atoms with E-state index in [0.29, 0.717) is 5.56 Å². The van der Waals surface area contributed by atoms with Crippen LogP contribution >= 0.6 is 0 Å². The van der Waals surface area contributed by atoms with Gasteiger partial charge in [-0.15, -0.1) is 0 Å². The number of nitrogens with zero attached hydrogens (tertiary/aromatic N) is 1. The first kappa shape index (κ1) is 15.8. The van der Waals surface area contributed by atoms with E-state index in [2.05, 4.69) is 24.8 Å². The Balaban J connectivity index is 1.81. The van der Waals surface area contributed by atoms with Crippen molar-refractivity contribution < 1.29 is 9.90 Å². The summed E-state index contributed by atoms with van der Waals surface area (Å²) in [7, 11) is 0. The third kappa shape index (κ3) is 5.01. The van der Waals surface area contributed by atoms with Crippen LogP contribution < -0.4 is 0 Å². The summed E-state index contributed by atoms with van der Waals surface area (Å²) in [6, 6.07) is 7.24. The average molecular weight is 287 g/mol. The van der Waals surface area contributed by atoms with Crippen molar-refractivity contribution >= 4 is 5.97 Å². The molecule has 1 N–H and O–H groups in total. The van der Waals surface area contributed by atoms with Gasteiger partial charge in [-0.3, -0.25) is 4.90 Å². The molecular weight excluding hydrogens is 262 g/mol. The molecule has 1 aliphatic rings. The second kappa shape index (κ2) is 7.41. The van der Waals surface area contributed by atoms with Gasteiger partial charge in [0.05, 0.1) is 5.56 Å². The van der Waals surface area contributed by atoms with Crippen LogP contribution in [0, 0.1) is 5.92 Å². The number of aryl methyl sites for hydroxylation is 1. The zero-order chi connectivity index (χ0) is 15.2. The highest BCUT2D eigenvalue weighted by Crippen LogP contribution is 2.18. The topological polar surface area (TPSA) is 40.5 Å². The predicted molar refractivity (Wildman–Crippen MR) is 85.7 cm³/mol. The molecule has 1 aromatic rings. The van der Waals surface area contributed by atoms with Crippen LogP contribution in [-0.2, 0) is 6.42 Å². The lowest BCUT2D eigenvalue weighted by atomic mass is 9.98. The Morgan fingerprint density at radius 2 is 1.95 bits per heavy atom. The van der Waals surface area contributed by atoms with Crippen LogP contribution in [-0.4, -0.2) is 35.6 Å². The van der Waals surface area contributed by atoms with Crippen molar-refractivity contribution in [3.05, 3.63) is 47.0 Å². The van der Waals surface area contributed by atoms with Crippen LogP contribution in [0.3, 0.4) is 0 Å². The molecular formula is C18H25NO2. The average Bonchev–Trinajstić information content (AvgIpc) is 2.46. The predicted octanol–water partition coefficient (Wildman–Crippen LogP) is 3.61. The van der Waals surface area contributed by atoms with Gasteiger partial charge in [0.2, 0.25) is 0 Å². The van der Waals surface area contributed by atoms with Crippen LogP contribution in [0.15, 0.2) is 35.9 Å². The monoisotopic (exact) mass is 287 g/mol. The third-order valence-electron chi connectivity index (χ3n) is 3.95. The van der Waals surface area contributed by atoms with Crippen molar-refractivity contribution in [1.82, 2.24) is 4.90 Å². The van der Waals surface area contributed by atoms with E-state index in [1.54, 1.807) is 12.1 Å². The van der Waals surface area contributed by atoms with Gasteiger partial charge in [-0.2, -0.15) is 0 Å². The Morgan fingerprint density at radius 3 is 2.48 bits per heavy atom. The quantitative estimate of drug-likeness (QED) is 0.813. The molecule has 3 heteroatoms. The second-order valence-electron chi connectivity index (χ2n) is 6.27. The Hall–Kier alpha value is -1.61. The molecule has 1 aromatic carbocycles. The maximum absolute atomic E-state index is 10.8. The fourth-order valence-corrected chi connectivity index (χ4v) is 2.78. The number of carboxylic acids is 1. The first-order valence-corrected chi connectivity index (χ1v) is 7.77. The molecule has 2 rings (SSSR count). The van der Waals surface area contributed by atoms with Gasteiger partial charge < -0.3 is 5.11 Å². The van der Waals surface area contributed by atoms with Crippen molar-refractivity contribution in [3.63, 3.8) is 0 Å². The molecule has 0 saturated carbocycles. The van der Waals surface area contributed by atoms with Gasteiger partial charge in [0.1, 0.15) is 0 Å². The van der Waals surface area contributed by atoms with E-state index >= 15 is 0 Å². The molecule has 0 spiro atoms. The first-order valence-electron chi connectivity index (χ1n) is 7.77. The Kier molecular flexibility index (Phi) is 5.57. The van der Waals surface area contributed by atoms with E-state index in [1.807, 2.05) is 12.1 Å². The van der Waals surface area contributed by atoms with Gasteiger partial charge in [0, 0.05) is 19.6 Å². The summed E-state index contributed by atoms with van der Waals surface area (Å²) in [4.78, 5) is 13.3. The highest BCUT2D eigenvalue weighted by Gasteiger charge is 2.12. The normalized spacial score (nSPS) is 16.0. The van der Waals surface area contributed by atoms with E-state index in [4.69, 9.17) is 5.11 Å². The number of carboxylic acid groups (broad SMARTS) is 1. The molecule has 0 amide bonds. The molecule has 0 unspecified atom stereocenters. The standard InChI is InChI=1S/C18H25NO2/c1-14(2)13-19-11-9-16(10-12-19)4-3-15-5-7-17(8-6-15)18(20)21/h5-9,14H,3-4,10-13H2,1-2H3,(H,20,21). The summed E-state index contributed by atoms with van der Waals surface area (Å²) in [5.41, 5.74) is 3.11. The first-order chi connectivity index (χ1) is 10.0. The molecule has 0 bridgehead atoms. The molecule has 0 radical (unpaired) electrons. The SMILES string of the molecule is CC(C)CN1CC=C(CCc2ccc(C(=O)O)cc2)CC1. The summed E-state index contributed by atoms with van der Waals surface area (Å²) in [6.45, 7) is 7.95. The summed E-state index contributed by atoms with van der Waals surface area (Å²) >= 11 is 0. The minimum Gasteiger partial charge on any atom is -0.478 e. The zero-order valence-electron chi connectivity index (χ0n) is 13.0. The number of hydrogen-bond donors (Lipinski definition) is 1. The van der Waals surface area contributed by atoms with Gasteiger partial charge in [-0.25, -0.2) is 4.79 Å². The smallest absolute Gasteiger partial charge is 0.335 e. The Bertz CT molecular complexity index is 502. The van der Waals surface area contributed by atoms with Gasteiger partial charge in [0.25, 0.3) is 0 Å². The second-order valence-corrected chi connectivity index (χ2v) is 6.27. The van der Waals surface area contributed by atoms with E-state index in [1.165, 1.54) is 30.6 Å². The largest absolute Gasteiger partial charge is 0.478 e. The van der Waals surface area contributed by atoms with Crippen LogP contribution in [0.1, 0.15) is 42.6 Å². The zero-order valence-corrected chi connectivity index (χ0v) is 13.0. The molecule has 0 aromatic heterocycles. The highest BCUT2D eigenvalue weighted by molar-refractivity contribution is 5.87. The minimum absolute atomic E-state index is 0.361. The maximum Gasteiger partial charge on any atom is 0.335 e. The minimum atomic E-state index is -0.859. The van der Waals surface area contributed by atoms with E-state index in [9.17, 15) is 4.79 Å². The molecule has 0 saturated heterocycles. The van der Waals surface area contributed by atoms with Gasteiger partial charge in [-0.1, -0.05) is 37.6 Å². The fraction of sp³-hybridized carbons (Fsp3) is 0.500. The van der Waals surface area contributed by atoms with Crippen molar-refractivity contribution in [2.75, 3.05) is 19.6 Å². The maximum atomic E-state index is 10.8. The van der Waals surface area contributed by atoms with Crippen molar-refractivity contribution in [3.8, 4) is 0 Å². The molecule has 0 fully saturated rings. The fourth-order valence-electron chi connectivity index (χ4n) is 2.78. The third-order valence-corrected chi connectivity index (χ3v) is 3.95. The van der Waals surface area contributed by atoms with Crippen LogP contribution in [0.4, 0.5) is 0 Å². The van der Waals surface area contributed by atoms with Crippen LogP contribution in [0.5, 0.6) is 0 Å². The van der Waals surface area contributed by atoms with Crippen LogP contribution in [0.2, 0.25) is 0 Å². The Labute approximate surface area is 127 Å². The number of hydrogen-bond acceptors (Lipinski definition) is 2. The lowest BCUT2D eigenvalue weighted by Gasteiger charge is -2.27.